The lowest BCUT2D eigenvalue weighted by atomic mass is 9.79. The first-order valence-electron chi connectivity index (χ1n) is 7.47. The molecule has 1 heterocycles. The average molecular weight is 279 g/mol. The zero-order chi connectivity index (χ0) is 14.2. The quantitative estimate of drug-likeness (QED) is 0.817. The number of aliphatic hydroxyl groups is 1. The summed E-state index contributed by atoms with van der Waals surface area (Å²) in [6.07, 6.45) is 5.51. The van der Waals surface area contributed by atoms with Crippen molar-refractivity contribution in [3.63, 3.8) is 0 Å². The predicted octanol–water partition coefficient (Wildman–Crippen LogP) is 3.18. The number of halogens is 1. The van der Waals surface area contributed by atoms with Crippen molar-refractivity contribution in [3.05, 3.63) is 29.6 Å². The summed E-state index contributed by atoms with van der Waals surface area (Å²) in [5, 5.41) is 10.6. The van der Waals surface area contributed by atoms with Crippen LogP contribution in [0.2, 0.25) is 0 Å². The van der Waals surface area contributed by atoms with Crippen molar-refractivity contribution in [2.24, 2.45) is 5.92 Å². The van der Waals surface area contributed by atoms with Gasteiger partial charge in [-0.05, 0) is 49.8 Å². The number of aliphatic hydroxyl groups excluding tert-OH is 1. The third kappa shape index (κ3) is 2.54. The summed E-state index contributed by atoms with van der Waals surface area (Å²) in [6, 6.07) is 4.21. The lowest BCUT2D eigenvalue weighted by molar-refractivity contribution is -0.113. The maximum Gasteiger partial charge on any atom is 0.123 e. The van der Waals surface area contributed by atoms with Crippen LogP contribution < -0.4 is 5.73 Å². The lowest BCUT2D eigenvalue weighted by Gasteiger charge is -2.40. The molecule has 3 nitrogen and oxygen atoms in total. The fourth-order valence-corrected chi connectivity index (χ4v) is 3.76. The molecule has 0 amide bonds. The van der Waals surface area contributed by atoms with Gasteiger partial charge in [0.25, 0.3) is 0 Å². The fraction of sp³-hybridized carbons (Fsp3) is 0.625. The molecule has 3 N–H and O–H groups in total. The molecule has 20 heavy (non-hydrogen) atoms. The standard InChI is InChI=1S/C16H22FNO2/c17-12-3-4-14(18)13(9-12)15(19)11-5-8-20-16(10-11)6-1-2-7-16/h3-4,9,11,15,19H,1-2,5-8,10,18H2. The van der Waals surface area contributed by atoms with E-state index in [4.69, 9.17) is 10.5 Å². The molecule has 1 aliphatic heterocycles. The Hall–Kier alpha value is -1.13. The first kappa shape index (κ1) is 13.8. The van der Waals surface area contributed by atoms with Crippen LogP contribution in [0, 0.1) is 11.7 Å². The molecule has 2 aliphatic rings. The highest BCUT2D eigenvalue weighted by molar-refractivity contribution is 5.48. The van der Waals surface area contributed by atoms with Gasteiger partial charge in [-0.25, -0.2) is 4.39 Å². The topological polar surface area (TPSA) is 55.5 Å². The minimum absolute atomic E-state index is 0.0496. The van der Waals surface area contributed by atoms with E-state index in [1.807, 2.05) is 0 Å². The molecule has 4 heteroatoms. The van der Waals surface area contributed by atoms with Crippen molar-refractivity contribution >= 4 is 5.69 Å². The maximum atomic E-state index is 13.4. The van der Waals surface area contributed by atoms with Gasteiger partial charge in [-0.15, -0.1) is 0 Å². The number of anilines is 1. The maximum absolute atomic E-state index is 13.4. The van der Waals surface area contributed by atoms with Crippen LogP contribution in [0.3, 0.4) is 0 Å². The van der Waals surface area contributed by atoms with Crippen molar-refractivity contribution in [1.82, 2.24) is 0 Å². The Bertz CT molecular complexity index is 485. The van der Waals surface area contributed by atoms with E-state index in [1.165, 1.54) is 31.0 Å². The van der Waals surface area contributed by atoms with Crippen LogP contribution in [0.1, 0.15) is 50.2 Å². The van der Waals surface area contributed by atoms with Gasteiger partial charge in [0.15, 0.2) is 0 Å². The fourth-order valence-electron chi connectivity index (χ4n) is 3.76. The number of nitrogens with two attached hydrogens (primary N) is 1. The normalized spacial score (nSPS) is 26.8. The number of nitrogen functional groups attached to an aromatic ring is 1. The highest BCUT2D eigenvalue weighted by Crippen LogP contribution is 2.45. The van der Waals surface area contributed by atoms with Crippen LogP contribution in [0.4, 0.5) is 10.1 Å². The molecule has 0 bridgehead atoms. The van der Waals surface area contributed by atoms with E-state index in [1.54, 1.807) is 0 Å². The Labute approximate surface area is 118 Å². The van der Waals surface area contributed by atoms with Gasteiger partial charge in [-0.1, -0.05) is 12.8 Å². The summed E-state index contributed by atoms with van der Waals surface area (Å²) >= 11 is 0. The van der Waals surface area contributed by atoms with Crippen molar-refractivity contribution in [2.45, 2.75) is 50.2 Å². The minimum atomic E-state index is -0.702. The Morgan fingerprint density at radius 3 is 2.85 bits per heavy atom. The Kier molecular flexibility index (Phi) is 3.69. The molecular weight excluding hydrogens is 257 g/mol. The number of hydrogen-bond donors (Lipinski definition) is 2. The molecule has 0 radical (unpaired) electrons. The summed E-state index contributed by atoms with van der Waals surface area (Å²) in [4.78, 5) is 0. The third-order valence-electron chi connectivity index (χ3n) is 4.86. The molecular formula is C16H22FNO2. The summed E-state index contributed by atoms with van der Waals surface area (Å²) in [5.74, 6) is -0.248. The summed E-state index contributed by atoms with van der Waals surface area (Å²) < 4.78 is 19.4. The van der Waals surface area contributed by atoms with Crippen LogP contribution in [-0.4, -0.2) is 17.3 Å². The second-order valence-electron chi connectivity index (χ2n) is 6.21. The van der Waals surface area contributed by atoms with Gasteiger partial charge in [0, 0.05) is 17.9 Å². The van der Waals surface area contributed by atoms with Crippen LogP contribution in [-0.2, 0) is 4.74 Å². The van der Waals surface area contributed by atoms with E-state index < -0.39 is 6.10 Å². The highest BCUT2D eigenvalue weighted by atomic mass is 19.1. The molecule has 1 aliphatic carbocycles. The molecule has 1 spiro atoms. The highest BCUT2D eigenvalue weighted by Gasteiger charge is 2.42. The number of ether oxygens (including phenoxy) is 1. The molecule has 3 rings (SSSR count). The first-order chi connectivity index (χ1) is 9.60. The van der Waals surface area contributed by atoms with Gasteiger partial charge in [0.05, 0.1) is 11.7 Å². The van der Waals surface area contributed by atoms with Crippen LogP contribution in [0.5, 0.6) is 0 Å². The van der Waals surface area contributed by atoms with Crippen LogP contribution in [0.15, 0.2) is 18.2 Å². The first-order valence-corrected chi connectivity index (χ1v) is 7.47. The van der Waals surface area contributed by atoms with Gasteiger partial charge >= 0.3 is 0 Å². The van der Waals surface area contributed by atoms with E-state index >= 15 is 0 Å². The zero-order valence-corrected chi connectivity index (χ0v) is 11.6. The Morgan fingerprint density at radius 1 is 1.35 bits per heavy atom. The second-order valence-corrected chi connectivity index (χ2v) is 6.21. The molecule has 0 aromatic heterocycles. The second kappa shape index (κ2) is 5.34. The van der Waals surface area contributed by atoms with E-state index in [0.29, 0.717) is 17.9 Å². The number of hydrogen-bond acceptors (Lipinski definition) is 3. The smallest absolute Gasteiger partial charge is 0.123 e. The van der Waals surface area contributed by atoms with Gasteiger partial charge < -0.3 is 15.6 Å². The molecule has 1 aromatic carbocycles. The molecule has 2 unspecified atom stereocenters. The SMILES string of the molecule is Nc1ccc(F)cc1C(O)C1CCOC2(CCCC2)C1. The summed E-state index contributed by atoms with van der Waals surface area (Å²) in [7, 11) is 0. The third-order valence-corrected chi connectivity index (χ3v) is 4.86. The Morgan fingerprint density at radius 2 is 2.10 bits per heavy atom. The summed E-state index contributed by atoms with van der Waals surface area (Å²) in [5.41, 5.74) is 6.82. The van der Waals surface area contributed by atoms with Crippen molar-refractivity contribution in [1.29, 1.82) is 0 Å². The molecule has 1 aromatic rings. The largest absolute Gasteiger partial charge is 0.398 e. The van der Waals surface area contributed by atoms with E-state index in [-0.39, 0.29) is 17.3 Å². The molecule has 1 saturated heterocycles. The Balaban J connectivity index is 1.79. The zero-order valence-electron chi connectivity index (χ0n) is 11.6. The van der Waals surface area contributed by atoms with Crippen molar-refractivity contribution < 1.29 is 14.2 Å². The molecule has 1 saturated carbocycles. The molecule has 110 valence electrons. The van der Waals surface area contributed by atoms with Crippen LogP contribution >= 0.6 is 0 Å². The lowest BCUT2D eigenvalue weighted by Crippen LogP contribution is -2.39. The van der Waals surface area contributed by atoms with Crippen LogP contribution in [0.25, 0.3) is 0 Å². The monoisotopic (exact) mass is 279 g/mol. The molecule has 2 fully saturated rings. The summed E-state index contributed by atoms with van der Waals surface area (Å²) in [6.45, 7) is 0.678. The van der Waals surface area contributed by atoms with Gasteiger partial charge in [0.1, 0.15) is 5.82 Å². The van der Waals surface area contributed by atoms with Crippen molar-refractivity contribution in [2.75, 3.05) is 12.3 Å². The van der Waals surface area contributed by atoms with Gasteiger partial charge in [-0.3, -0.25) is 0 Å². The average Bonchev–Trinajstić information content (AvgIpc) is 2.88. The molecule has 2 atom stereocenters. The van der Waals surface area contributed by atoms with Gasteiger partial charge in [0.2, 0.25) is 0 Å². The van der Waals surface area contributed by atoms with E-state index in [9.17, 15) is 9.50 Å². The van der Waals surface area contributed by atoms with E-state index in [0.717, 1.165) is 25.7 Å². The van der Waals surface area contributed by atoms with Crippen molar-refractivity contribution in [3.8, 4) is 0 Å². The number of benzene rings is 1. The predicted molar refractivity (Wildman–Crippen MR) is 75.6 cm³/mol. The number of rotatable bonds is 2. The minimum Gasteiger partial charge on any atom is -0.398 e. The van der Waals surface area contributed by atoms with E-state index in [2.05, 4.69) is 0 Å². The van der Waals surface area contributed by atoms with Gasteiger partial charge in [-0.2, -0.15) is 0 Å².